The predicted molar refractivity (Wildman–Crippen MR) is 74.6 cm³/mol. The van der Waals surface area contributed by atoms with Gasteiger partial charge >= 0.3 is 0 Å². The van der Waals surface area contributed by atoms with E-state index in [9.17, 15) is 8.42 Å². The Kier molecular flexibility index (Phi) is 4.19. The molecule has 0 bridgehead atoms. The van der Waals surface area contributed by atoms with E-state index in [1.165, 1.54) is 11.0 Å². The molecule has 1 aliphatic heterocycles. The molecular weight excluding hydrogens is 246 g/mol. The van der Waals surface area contributed by atoms with Crippen LogP contribution in [0.15, 0.2) is 29.7 Å². The van der Waals surface area contributed by atoms with Gasteiger partial charge in [-0.3, -0.25) is 0 Å². The molecular formula is C14H19NO2S. The molecule has 0 aliphatic carbocycles. The highest BCUT2D eigenvalue weighted by atomic mass is 32.2. The first kappa shape index (κ1) is 13.3. The molecule has 1 aliphatic rings. The first-order valence-corrected chi connectivity index (χ1v) is 7.83. The van der Waals surface area contributed by atoms with E-state index >= 15 is 0 Å². The van der Waals surface area contributed by atoms with Gasteiger partial charge in [-0.2, -0.15) is 4.31 Å². The van der Waals surface area contributed by atoms with Crippen LogP contribution >= 0.6 is 0 Å². The molecule has 1 aromatic carbocycles. The van der Waals surface area contributed by atoms with Crippen LogP contribution in [0.2, 0.25) is 0 Å². The Morgan fingerprint density at radius 2 is 1.67 bits per heavy atom. The van der Waals surface area contributed by atoms with Gasteiger partial charge in [0.25, 0.3) is 0 Å². The Balaban J connectivity index is 2.09. The number of aryl methyl sites for hydroxylation is 1. The highest BCUT2D eigenvalue weighted by molar-refractivity contribution is 7.92. The third kappa shape index (κ3) is 3.43. The Morgan fingerprint density at radius 1 is 1.06 bits per heavy atom. The van der Waals surface area contributed by atoms with Crippen molar-refractivity contribution in [2.24, 2.45) is 0 Å². The van der Waals surface area contributed by atoms with E-state index in [1.807, 2.05) is 31.2 Å². The van der Waals surface area contributed by atoms with Gasteiger partial charge < -0.3 is 0 Å². The van der Waals surface area contributed by atoms with Crippen molar-refractivity contribution in [3.8, 4) is 0 Å². The zero-order valence-electron chi connectivity index (χ0n) is 10.7. The topological polar surface area (TPSA) is 37.4 Å². The summed E-state index contributed by atoms with van der Waals surface area (Å²) in [6.07, 6.45) is 4.74. The maximum absolute atomic E-state index is 12.1. The monoisotopic (exact) mass is 265 g/mol. The fourth-order valence-corrected chi connectivity index (χ4v) is 3.32. The van der Waals surface area contributed by atoms with E-state index in [0.29, 0.717) is 13.1 Å². The zero-order valence-corrected chi connectivity index (χ0v) is 11.5. The summed E-state index contributed by atoms with van der Waals surface area (Å²) in [5.74, 6) is 0. The number of rotatable bonds is 3. The van der Waals surface area contributed by atoms with Crippen LogP contribution in [0.1, 0.15) is 30.4 Å². The van der Waals surface area contributed by atoms with Crippen molar-refractivity contribution in [2.45, 2.75) is 26.2 Å². The summed E-state index contributed by atoms with van der Waals surface area (Å²) in [6.45, 7) is 3.32. The van der Waals surface area contributed by atoms with E-state index in [2.05, 4.69) is 0 Å². The van der Waals surface area contributed by atoms with Gasteiger partial charge in [-0.15, -0.1) is 0 Å². The van der Waals surface area contributed by atoms with E-state index in [4.69, 9.17) is 0 Å². The van der Waals surface area contributed by atoms with Crippen LogP contribution in [0.3, 0.4) is 0 Å². The standard InChI is InChI=1S/C14H19NO2S/c1-13-5-7-14(8-6-13)9-12-18(16,17)15-10-3-2-4-11-15/h5-9,12H,2-4,10-11H2,1H3/b12-9+. The van der Waals surface area contributed by atoms with Crippen LogP contribution < -0.4 is 0 Å². The molecule has 1 fully saturated rings. The first-order chi connectivity index (χ1) is 8.58. The lowest BCUT2D eigenvalue weighted by Gasteiger charge is -2.24. The van der Waals surface area contributed by atoms with Crippen LogP contribution in [-0.2, 0) is 10.0 Å². The van der Waals surface area contributed by atoms with Crippen molar-refractivity contribution < 1.29 is 8.42 Å². The van der Waals surface area contributed by atoms with E-state index < -0.39 is 10.0 Å². The largest absolute Gasteiger partial charge is 0.236 e. The minimum absolute atomic E-state index is 0.653. The molecule has 4 heteroatoms. The highest BCUT2D eigenvalue weighted by Gasteiger charge is 2.20. The normalized spacial score (nSPS) is 18.3. The molecule has 3 nitrogen and oxygen atoms in total. The average molecular weight is 265 g/mol. The summed E-state index contributed by atoms with van der Waals surface area (Å²) >= 11 is 0. The maximum Gasteiger partial charge on any atom is 0.236 e. The van der Waals surface area contributed by atoms with Crippen molar-refractivity contribution in [3.63, 3.8) is 0 Å². The summed E-state index contributed by atoms with van der Waals surface area (Å²) in [7, 11) is -3.24. The zero-order chi connectivity index (χ0) is 13.0. The van der Waals surface area contributed by atoms with Gasteiger partial charge in [0.15, 0.2) is 0 Å². The van der Waals surface area contributed by atoms with Gasteiger partial charge in [-0.05, 0) is 31.4 Å². The van der Waals surface area contributed by atoms with Crippen molar-refractivity contribution in [3.05, 3.63) is 40.8 Å². The molecule has 1 heterocycles. The average Bonchev–Trinajstić information content (AvgIpc) is 2.39. The lowest BCUT2D eigenvalue weighted by atomic mass is 10.2. The van der Waals surface area contributed by atoms with Crippen LogP contribution in [0.5, 0.6) is 0 Å². The molecule has 0 amide bonds. The lowest BCUT2D eigenvalue weighted by Crippen LogP contribution is -2.34. The molecule has 0 N–H and O–H groups in total. The minimum Gasteiger partial charge on any atom is -0.208 e. The summed E-state index contributed by atoms with van der Waals surface area (Å²) < 4.78 is 25.7. The molecule has 2 rings (SSSR count). The second-order valence-corrected chi connectivity index (χ2v) is 6.54. The Labute approximate surface area is 109 Å². The third-order valence-electron chi connectivity index (χ3n) is 3.18. The van der Waals surface area contributed by atoms with Crippen LogP contribution in [0, 0.1) is 6.92 Å². The molecule has 0 saturated carbocycles. The number of nitrogens with zero attached hydrogens (tertiary/aromatic N) is 1. The van der Waals surface area contributed by atoms with Crippen LogP contribution in [0.25, 0.3) is 6.08 Å². The fourth-order valence-electron chi connectivity index (χ4n) is 2.05. The summed E-state index contributed by atoms with van der Waals surface area (Å²) in [6, 6.07) is 7.81. The van der Waals surface area contributed by atoms with Gasteiger partial charge in [-0.1, -0.05) is 36.2 Å². The second-order valence-electron chi connectivity index (χ2n) is 4.72. The lowest BCUT2D eigenvalue weighted by molar-refractivity contribution is 0.350. The van der Waals surface area contributed by atoms with Crippen molar-refractivity contribution in [1.29, 1.82) is 0 Å². The minimum atomic E-state index is -3.24. The number of piperidine rings is 1. The Morgan fingerprint density at radius 3 is 2.28 bits per heavy atom. The molecule has 0 unspecified atom stereocenters. The van der Waals surface area contributed by atoms with Gasteiger partial charge in [-0.25, -0.2) is 8.42 Å². The summed E-state index contributed by atoms with van der Waals surface area (Å²) in [5, 5.41) is 1.32. The summed E-state index contributed by atoms with van der Waals surface area (Å²) in [4.78, 5) is 0. The molecule has 1 saturated heterocycles. The molecule has 1 aromatic rings. The van der Waals surface area contributed by atoms with Gasteiger partial charge in [0.1, 0.15) is 0 Å². The molecule has 98 valence electrons. The first-order valence-electron chi connectivity index (χ1n) is 6.33. The van der Waals surface area contributed by atoms with Crippen molar-refractivity contribution >= 4 is 16.1 Å². The van der Waals surface area contributed by atoms with E-state index in [-0.39, 0.29) is 0 Å². The highest BCUT2D eigenvalue weighted by Crippen LogP contribution is 2.15. The molecule has 0 atom stereocenters. The smallest absolute Gasteiger partial charge is 0.208 e. The van der Waals surface area contributed by atoms with E-state index in [0.717, 1.165) is 24.8 Å². The summed E-state index contributed by atoms with van der Waals surface area (Å²) in [5.41, 5.74) is 2.09. The predicted octanol–water partition coefficient (Wildman–Crippen LogP) is 2.78. The molecule has 0 radical (unpaired) electrons. The van der Waals surface area contributed by atoms with Gasteiger partial charge in [0.2, 0.25) is 10.0 Å². The van der Waals surface area contributed by atoms with Crippen molar-refractivity contribution in [2.75, 3.05) is 13.1 Å². The molecule has 0 spiro atoms. The third-order valence-corrected chi connectivity index (χ3v) is 4.75. The molecule has 18 heavy (non-hydrogen) atoms. The molecule has 0 aromatic heterocycles. The quantitative estimate of drug-likeness (QED) is 0.842. The van der Waals surface area contributed by atoms with Crippen LogP contribution in [0.4, 0.5) is 0 Å². The number of benzene rings is 1. The maximum atomic E-state index is 12.1. The van der Waals surface area contributed by atoms with E-state index in [1.54, 1.807) is 10.4 Å². The van der Waals surface area contributed by atoms with Crippen LogP contribution in [-0.4, -0.2) is 25.8 Å². The second kappa shape index (κ2) is 5.67. The SMILES string of the molecule is Cc1ccc(/C=C/S(=O)(=O)N2CCCCC2)cc1. The van der Waals surface area contributed by atoms with Gasteiger partial charge in [0.05, 0.1) is 0 Å². The Bertz CT molecular complexity index is 511. The number of hydrogen-bond donors (Lipinski definition) is 0. The number of sulfonamides is 1. The van der Waals surface area contributed by atoms with Crippen molar-refractivity contribution in [1.82, 2.24) is 4.31 Å². The Hall–Kier alpha value is -1.13. The fraction of sp³-hybridized carbons (Fsp3) is 0.429. The van der Waals surface area contributed by atoms with Gasteiger partial charge in [0, 0.05) is 18.5 Å². The number of hydrogen-bond acceptors (Lipinski definition) is 2.